The van der Waals surface area contributed by atoms with Gasteiger partial charge in [-0.3, -0.25) is 0 Å². The minimum atomic E-state index is -0.811. The van der Waals surface area contributed by atoms with Crippen molar-refractivity contribution < 1.29 is 14.6 Å². The maximum atomic E-state index is 11.2. The maximum absolute atomic E-state index is 11.2. The highest BCUT2D eigenvalue weighted by Gasteiger charge is 2.44. The second-order valence-electron chi connectivity index (χ2n) is 5.42. The molecule has 2 heterocycles. The summed E-state index contributed by atoms with van der Waals surface area (Å²) in [5.74, 6) is 0.747. The van der Waals surface area contributed by atoms with Crippen LogP contribution < -0.4 is 4.74 Å². The Balaban J connectivity index is 1.66. The van der Waals surface area contributed by atoms with Gasteiger partial charge >= 0.3 is 6.09 Å². The summed E-state index contributed by atoms with van der Waals surface area (Å²) in [6.07, 6.45) is 2.63. The summed E-state index contributed by atoms with van der Waals surface area (Å²) in [4.78, 5) is 12.8. The van der Waals surface area contributed by atoms with Gasteiger partial charge in [0, 0.05) is 24.9 Å². The molecule has 1 unspecified atom stereocenters. The van der Waals surface area contributed by atoms with Crippen LogP contribution in [-0.2, 0) is 0 Å². The van der Waals surface area contributed by atoms with E-state index in [1.807, 2.05) is 0 Å². The van der Waals surface area contributed by atoms with E-state index in [9.17, 15) is 9.90 Å². The number of rotatable bonds is 2. The standard InChI is InChI=1S/C15H16N2O3/c16-9-10-1-5-13(6-2-10)20-14-7-11-3-4-12(8-14)17(11)15(18)19/h1-2,5-6,11-12,14H,3-4,7-8H2,(H,18,19)/t11-,12+,14?. The SMILES string of the molecule is N#Cc1ccc(OC2C[C@H]3CC[C@@H](C2)N3C(=O)O)cc1. The molecule has 2 aliphatic heterocycles. The van der Waals surface area contributed by atoms with E-state index in [0.717, 1.165) is 31.4 Å². The third-order valence-corrected chi connectivity index (χ3v) is 4.20. The zero-order chi connectivity index (χ0) is 14.1. The highest BCUT2D eigenvalue weighted by molar-refractivity contribution is 5.66. The number of fused-ring (bicyclic) bond motifs is 2. The zero-order valence-corrected chi connectivity index (χ0v) is 11.0. The number of hydrogen-bond acceptors (Lipinski definition) is 3. The predicted molar refractivity (Wildman–Crippen MR) is 71.5 cm³/mol. The number of ether oxygens (including phenoxy) is 1. The van der Waals surface area contributed by atoms with Gasteiger partial charge in [0.05, 0.1) is 11.6 Å². The van der Waals surface area contributed by atoms with Crippen molar-refractivity contribution in [2.75, 3.05) is 0 Å². The molecule has 3 rings (SSSR count). The van der Waals surface area contributed by atoms with E-state index in [0.29, 0.717) is 5.56 Å². The molecule has 3 atom stereocenters. The molecule has 5 heteroatoms. The van der Waals surface area contributed by atoms with Crippen LogP contribution in [0.2, 0.25) is 0 Å². The molecule has 1 amide bonds. The summed E-state index contributed by atoms with van der Waals surface area (Å²) >= 11 is 0. The fourth-order valence-corrected chi connectivity index (χ4v) is 3.34. The molecule has 0 spiro atoms. The van der Waals surface area contributed by atoms with Crippen molar-refractivity contribution in [1.82, 2.24) is 4.90 Å². The van der Waals surface area contributed by atoms with Crippen molar-refractivity contribution in [2.45, 2.75) is 43.9 Å². The van der Waals surface area contributed by atoms with Crippen molar-refractivity contribution in [2.24, 2.45) is 0 Å². The third kappa shape index (κ3) is 2.29. The molecule has 0 radical (unpaired) electrons. The van der Waals surface area contributed by atoms with E-state index in [4.69, 9.17) is 10.00 Å². The molecule has 0 aliphatic carbocycles. The van der Waals surface area contributed by atoms with Crippen LogP contribution in [0.1, 0.15) is 31.2 Å². The summed E-state index contributed by atoms with van der Waals surface area (Å²) in [7, 11) is 0. The number of benzene rings is 1. The van der Waals surface area contributed by atoms with Gasteiger partial charge in [-0.1, -0.05) is 0 Å². The Bertz CT molecular complexity index is 535. The van der Waals surface area contributed by atoms with Gasteiger partial charge < -0.3 is 14.7 Å². The van der Waals surface area contributed by atoms with Gasteiger partial charge in [-0.25, -0.2) is 4.79 Å². The molecule has 0 saturated carbocycles. The van der Waals surface area contributed by atoms with E-state index in [1.54, 1.807) is 29.2 Å². The summed E-state index contributed by atoms with van der Waals surface area (Å²) in [6.45, 7) is 0. The van der Waals surface area contributed by atoms with E-state index in [1.165, 1.54) is 0 Å². The van der Waals surface area contributed by atoms with Crippen LogP contribution in [0.25, 0.3) is 0 Å². The van der Waals surface area contributed by atoms with Crippen LogP contribution in [0.15, 0.2) is 24.3 Å². The second-order valence-corrected chi connectivity index (χ2v) is 5.42. The summed E-state index contributed by atoms with van der Waals surface area (Å²) in [6, 6.07) is 9.31. The molecule has 5 nitrogen and oxygen atoms in total. The number of carbonyl (C=O) groups is 1. The largest absolute Gasteiger partial charge is 0.490 e. The van der Waals surface area contributed by atoms with Crippen LogP contribution in [0, 0.1) is 11.3 Å². The first-order valence-corrected chi connectivity index (χ1v) is 6.85. The number of hydrogen-bond donors (Lipinski definition) is 1. The van der Waals surface area contributed by atoms with E-state index >= 15 is 0 Å². The zero-order valence-electron chi connectivity index (χ0n) is 11.0. The molecular formula is C15H16N2O3. The summed E-state index contributed by atoms with van der Waals surface area (Å²) < 4.78 is 5.93. The van der Waals surface area contributed by atoms with Crippen LogP contribution >= 0.6 is 0 Å². The lowest BCUT2D eigenvalue weighted by atomic mass is 10.0. The first-order chi connectivity index (χ1) is 9.67. The fraction of sp³-hybridized carbons (Fsp3) is 0.467. The molecule has 2 saturated heterocycles. The number of nitriles is 1. The number of amides is 1. The number of piperidine rings is 1. The topological polar surface area (TPSA) is 73.6 Å². The Morgan fingerprint density at radius 3 is 2.35 bits per heavy atom. The van der Waals surface area contributed by atoms with Gasteiger partial charge in [-0.05, 0) is 37.1 Å². The van der Waals surface area contributed by atoms with Gasteiger partial charge in [0.15, 0.2) is 0 Å². The Labute approximate surface area is 117 Å². The van der Waals surface area contributed by atoms with Gasteiger partial charge in [0.1, 0.15) is 11.9 Å². The minimum absolute atomic E-state index is 0.0658. The van der Waals surface area contributed by atoms with Crippen LogP contribution in [0.5, 0.6) is 5.75 Å². The van der Waals surface area contributed by atoms with E-state index in [-0.39, 0.29) is 18.2 Å². The van der Waals surface area contributed by atoms with Crippen molar-refractivity contribution >= 4 is 6.09 Å². The van der Waals surface area contributed by atoms with Crippen molar-refractivity contribution in [3.63, 3.8) is 0 Å². The molecule has 20 heavy (non-hydrogen) atoms. The summed E-state index contributed by atoms with van der Waals surface area (Å²) in [5, 5.41) is 18.0. The number of nitrogens with zero attached hydrogens (tertiary/aromatic N) is 2. The Kier molecular flexibility index (Phi) is 3.23. The normalized spacial score (nSPS) is 27.9. The first kappa shape index (κ1) is 12.8. The monoisotopic (exact) mass is 272 g/mol. The van der Waals surface area contributed by atoms with Crippen LogP contribution in [-0.4, -0.2) is 34.3 Å². The second kappa shape index (κ2) is 5.04. The lowest BCUT2D eigenvalue weighted by Gasteiger charge is -2.37. The Hall–Kier alpha value is -2.22. The highest BCUT2D eigenvalue weighted by Crippen LogP contribution is 2.37. The Morgan fingerprint density at radius 2 is 1.85 bits per heavy atom. The molecular weight excluding hydrogens is 256 g/mol. The minimum Gasteiger partial charge on any atom is -0.490 e. The van der Waals surface area contributed by atoms with Crippen molar-refractivity contribution in [3.05, 3.63) is 29.8 Å². The van der Waals surface area contributed by atoms with Gasteiger partial charge in [-0.2, -0.15) is 5.26 Å². The first-order valence-electron chi connectivity index (χ1n) is 6.85. The average Bonchev–Trinajstić information content (AvgIpc) is 2.72. The lowest BCUT2D eigenvalue weighted by molar-refractivity contribution is 0.0496. The fourth-order valence-electron chi connectivity index (χ4n) is 3.34. The quantitative estimate of drug-likeness (QED) is 0.898. The maximum Gasteiger partial charge on any atom is 0.407 e. The molecule has 1 aromatic rings. The number of carboxylic acid groups (broad SMARTS) is 1. The lowest BCUT2D eigenvalue weighted by Crippen LogP contribution is -2.48. The molecule has 104 valence electrons. The van der Waals surface area contributed by atoms with Crippen molar-refractivity contribution in [3.8, 4) is 11.8 Å². The molecule has 2 bridgehead atoms. The van der Waals surface area contributed by atoms with Crippen LogP contribution in [0.4, 0.5) is 4.79 Å². The van der Waals surface area contributed by atoms with Crippen molar-refractivity contribution in [1.29, 1.82) is 5.26 Å². The van der Waals surface area contributed by atoms with E-state index in [2.05, 4.69) is 6.07 Å². The molecule has 1 N–H and O–H groups in total. The molecule has 2 fully saturated rings. The van der Waals surface area contributed by atoms with Crippen LogP contribution in [0.3, 0.4) is 0 Å². The third-order valence-electron chi connectivity index (χ3n) is 4.20. The molecule has 1 aromatic carbocycles. The molecule has 2 aliphatic rings. The van der Waals surface area contributed by atoms with Gasteiger partial charge in [-0.15, -0.1) is 0 Å². The Morgan fingerprint density at radius 1 is 1.25 bits per heavy atom. The van der Waals surface area contributed by atoms with Gasteiger partial charge in [0.25, 0.3) is 0 Å². The van der Waals surface area contributed by atoms with E-state index < -0.39 is 6.09 Å². The predicted octanol–water partition coefficient (Wildman–Crippen LogP) is 2.61. The smallest absolute Gasteiger partial charge is 0.407 e. The summed E-state index contributed by atoms with van der Waals surface area (Å²) in [5.41, 5.74) is 0.609. The molecule has 0 aromatic heterocycles. The highest BCUT2D eigenvalue weighted by atomic mass is 16.5. The average molecular weight is 272 g/mol. The van der Waals surface area contributed by atoms with Gasteiger partial charge in [0.2, 0.25) is 0 Å².